The zero-order valence-electron chi connectivity index (χ0n) is 17.5. The Morgan fingerprint density at radius 2 is 1.83 bits per heavy atom. The zero-order valence-corrected chi connectivity index (χ0v) is 18.2. The van der Waals surface area contributed by atoms with E-state index in [4.69, 9.17) is 11.6 Å². The third-order valence-electron chi connectivity index (χ3n) is 5.60. The topological polar surface area (TPSA) is 53.9 Å². The van der Waals surface area contributed by atoms with Gasteiger partial charge in [-0.3, -0.25) is 4.79 Å². The maximum absolute atomic E-state index is 13.3. The van der Waals surface area contributed by atoms with E-state index in [-0.39, 0.29) is 11.9 Å². The summed E-state index contributed by atoms with van der Waals surface area (Å²) in [5.74, 6) is 0.274. The molecular formula is C23H29ClN3O2+. The molecule has 154 valence electrons. The largest absolute Gasteiger partial charge is 0.329 e. The van der Waals surface area contributed by atoms with Crippen molar-refractivity contribution in [1.82, 2.24) is 10.2 Å². The van der Waals surface area contributed by atoms with Crippen LogP contribution in [0.2, 0.25) is 5.02 Å². The summed E-state index contributed by atoms with van der Waals surface area (Å²) in [6, 6.07) is 15.3. The summed E-state index contributed by atoms with van der Waals surface area (Å²) < 4.78 is 0. The molecule has 1 unspecified atom stereocenters. The predicted octanol–water partition coefficient (Wildman–Crippen LogP) is 3.29. The summed E-state index contributed by atoms with van der Waals surface area (Å²) in [6.45, 7) is 7.27. The van der Waals surface area contributed by atoms with Crippen LogP contribution in [0.1, 0.15) is 49.8 Å². The van der Waals surface area contributed by atoms with E-state index in [1.54, 1.807) is 18.2 Å². The van der Waals surface area contributed by atoms with Crippen LogP contribution in [-0.4, -0.2) is 30.6 Å². The van der Waals surface area contributed by atoms with Gasteiger partial charge in [0.05, 0.1) is 7.05 Å². The minimum Gasteiger partial charge on any atom is -0.319 e. The third kappa shape index (κ3) is 4.31. The molecule has 0 radical (unpaired) electrons. The van der Waals surface area contributed by atoms with Crippen LogP contribution < -0.4 is 10.2 Å². The van der Waals surface area contributed by atoms with E-state index in [9.17, 15) is 9.59 Å². The van der Waals surface area contributed by atoms with Gasteiger partial charge in [0, 0.05) is 10.6 Å². The van der Waals surface area contributed by atoms with E-state index < -0.39 is 5.54 Å². The Kier molecular flexibility index (Phi) is 6.30. The average molecular weight is 415 g/mol. The molecule has 3 rings (SSSR count). The Balaban J connectivity index is 1.74. The van der Waals surface area contributed by atoms with Crippen LogP contribution in [0.15, 0.2) is 48.5 Å². The molecule has 2 atom stereocenters. The first kappa shape index (κ1) is 21.3. The van der Waals surface area contributed by atoms with Crippen molar-refractivity contribution in [3.05, 3.63) is 70.2 Å². The molecule has 2 aromatic rings. The number of amides is 3. The Morgan fingerprint density at radius 1 is 1.14 bits per heavy atom. The molecule has 3 amide bonds. The molecule has 1 aliphatic rings. The van der Waals surface area contributed by atoms with Crippen molar-refractivity contribution in [3.8, 4) is 0 Å². The molecule has 0 aliphatic carbocycles. The Hall–Kier alpha value is -2.37. The number of urea groups is 1. The van der Waals surface area contributed by atoms with Gasteiger partial charge in [0.1, 0.15) is 12.1 Å². The predicted molar refractivity (Wildman–Crippen MR) is 115 cm³/mol. The van der Waals surface area contributed by atoms with Crippen molar-refractivity contribution in [3.63, 3.8) is 0 Å². The molecule has 1 fully saturated rings. The van der Waals surface area contributed by atoms with Crippen molar-refractivity contribution in [2.45, 2.75) is 45.2 Å². The molecular weight excluding hydrogens is 386 g/mol. The van der Waals surface area contributed by atoms with E-state index in [0.29, 0.717) is 24.0 Å². The SMILES string of the molecule is CC[C@@]1(c2cccc(Cl)c2)NC(=O)N(C[NH+](C)Cc2ccc(C(C)C)cc2)C1=O. The first-order valence-electron chi connectivity index (χ1n) is 10.1. The molecule has 1 aliphatic heterocycles. The fraction of sp³-hybridized carbons (Fsp3) is 0.391. The number of carbonyl (C=O) groups is 2. The van der Waals surface area contributed by atoms with Crippen LogP contribution in [0, 0.1) is 0 Å². The standard InChI is InChI=1S/C23H28ClN3O2/c1-5-23(19-7-6-8-20(24)13-19)21(28)27(22(29)25-23)15-26(4)14-17-9-11-18(12-10-17)16(2)3/h6-13,16H,5,14-15H2,1-4H3,(H,25,29)/p+1/t23-/m0/s1. The number of halogens is 1. The van der Waals surface area contributed by atoms with Crippen LogP contribution >= 0.6 is 11.6 Å². The van der Waals surface area contributed by atoms with Gasteiger partial charge in [0.2, 0.25) is 0 Å². The van der Waals surface area contributed by atoms with Crippen molar-refractivity contribution in [2.75, 3.05) is 13.7 Å². The van der Waals surface area contributed by atoms with Gasteiger partial charge in [-0.1, -0.05) is 68.8 Å². The normalized spacial score (nSPS) is 20.3. The van der Waals surface area contributed by atoms with Crippen molar-refractivity contribution in [1.29, 1.82) is 0 Å². The lowest BCUT2D eigenvalue weighted by Crippen LogP contribution is -3.09. The van der Waals surface area contributed by atoms with Gasteiger partial charge < -0.3 is 10.2 Å². The number of benzene rings is 2. The number of nitrogens with one attached hydrogen (secondary N) is 2. The molecule has 29 heavy (non-hydrogen) atoms. The number of hydrogen-bond acceptors (Lipinski definition) is 2. The highest BCUT2D eigenvalue weighted by Gasteiger charge is 2.52. The van der Waals surface area contributed by atoms with Gasteiger partial charge in [-0.15, -0.1) is 0 Å². The van der Waals surface area contributed by atoms with Gasteiger partial charge in [0.15, 0.2) is 6.67 Å². The van der Waals surface area contributed by atoms with Crippen LogP contribution in [0.5, 0.6) is 0 Å². The monoisotopic (exact) mass is 414 g/mol. The van der Waals surface area contributed by atoms with Crippen molar-refractivity contribution >= 4 is 23.5 Å². The average Bonchev–Trinajstić information content (AvgIpc) is 2.93. The van der Waals surface area contributed by atoms with E-state index in [1.165, 1.54) is 16.0 Å². The second-order valence-electron chi connectivity index (χ2n) is 8.12. The lowest BCUT2D eigenvalue weighted by Gasteiger charge is -2.26. The number of hydrogen-bond donors (Lipinski definition) is 2. The van der Waals surface area contributed by atoms with Crippen molar-refractivity contribution in [2.24, 2.45) is 0 Å². The molecule has 5 nitrogen and oxygen atoms in total. The number of carbonyl (C=O) groups excluding carboxylic acids is 2. The Bertz CT molecular complexity index is 897. The van der Waals surface area contributed by atoms with Crippen LogP contribution in [0.25, 0.3) is 0 Å². The molecule has 2 aromatic carbocycles. The third-order valence-corrected chi connectivity index (χ3v) is 5.84. The Labute approximate surface area is 177 Å². The first-order chi connectivity index (χ1) is 13.8. The van der Waals surface area contributed by atoms with Crippen LogP contribution in [-0.2, 0) is 16.9 Å². The molecule has 6 heteroatoms. The van der Waals surface area contributed by atoms with Gasteiger partial charge in [-0.05, 0) is 35.6 Å². The quantitative estimate of drug-likeness (QED) is 0.683. The summed E-state index contributed by atoms with van der Waals surface area (Å²) in [5, 5.41) is 3.46. The maximum Gasteiger partial charge on any atom is 0.329 e. The highest BCUT2D eigenvalue weighted by atomic mass is 35.5. The minimum absolute atomic E-state index is 0.221. The molecule has 0 saturated carbocycles. The van der Waals surface area contributed by atoms with Gasteiger partial charge >= 0.3 is 6.03 Å². The number of imide groups is 1. The van der Waals surface area contributed by atoms with Crippen LogP contribution in [0.4, 0.5) is 4.79 Å². The minimum atomic E-state index is -1.05. The first-order valence-corrected chi connectivity index (χ1v) is 10.4. The highest BCUT2D eigenvalue weighted by Crippen LogP contribution is 2.33. The second kappa shape index (κ2) is 8.56. The molecule has 0 bridgehead atoms. The van der Waals surface area contributed by atoms with E-state index in [0.717, 1.165) is 17.0 Å². The fourth-order valence-electron chi connectivity index (χ4n) is 3.86. The van der Waals surface area contributed by atoms with Crippen LogP contribution in [0.3, 0.4) is 0 Å². The molecule has 0 aromatic heterocycles. The summed E-state index contributed by atoms with van der Waals surface area (Å²) in [4.78, 5) is 28.3. The van der Waals surface area contributed by atoms with Gasteiger partial charge in [-0.25, -0.2) is 9.69 Å². The molecule has 2 N–H and O–H groups in total. The summed E-state index contributed by atoms with van der Waals surface area (Å²) in [6.07, 6.45) is 0.462. The van der Waals surface area contributed by atoms with Crippen molar-refractivity contribution < 1.29 is 14.5 Å². The summed E-state index contributed by atoms with van der Waals surface area (Å²) in [5.41, 5.74) is 2.14. The number of rotatable bonds is 7. The smallest absolute Gasteiger partial charge is 0.319 e. The summed E-state index contributed by atoms with van der Waals surface area (Å²) >= 11 is 6.13. The van der Waals surface area contributed by atoms with Gasteiger partial charge in [-0.2, -0.15) is 0 Å². The lowest BCUT2D eigenvalue weighted by molar-refractivity contribution is -0.901. The zero-order chi connectivity index (χ0) is 21.2. The molecule has 1 saturated heterocycles. The Morgan fingerprint density at radius 3 is 2.41 bits per heavy atom. The number of nitrogens with zero attached hydrogens (tertiary/aromatic N) is 1. The second-order valence-corrected chi connectivity index (χ2v) is 8.56. The maximum atomic E-state index is 13.3. The lowest BCUT2D eigenvalue weighted by atomic mass is 9.87. The van der Waals surface area contributed by atoms with E-state index >= 15 is 0 Å². The molecule has 1 heterocycles. The van der Waals surface area contributed by atoms with E-state index in [2.05, 4.69) is 43.4 Å². The van der Waals surface area contributed by atoms with Gasteiger partial charge in [0.25, 0.3) is 5.91 Å². The number of quaternary nitrogens is 1. The fourth-order valence-corrected chi connectivity index (χ4v) is 4.05. The highest BCUT2D eigenvalue weighted by molar-refractivity contribution is 6.30. The van der Waals surface area contributed by atoms with E-state index in [1.807, 2.05) is 20.0 Å². The molecule has 0 spiro atoms. The summed E-state index contributed by atoms with van der Waals surface area (Å²) in [7, 11) is 1.99.